The highest BCUT2D eigenvalue weighted by Gasteiger charge is 2.10. The van der Waals surface area contributed by atoms with Gasteiger partial charge in [0.1, 0.15) is 0 Å². The Bertz CT molecular complexity index is 511. The van der Waals surface area contributed by atoms with Crippen molar-refractivity contribution < 1.29 is 0 Å². The van der Waals surface area contributed by atoms with Gasteiger partial charge < -0.3 is 5.73 Å². The first-order chi connectivity index (χ1) is 8.66. The third-order valence-corrected chi connectivity index (χ3v) is 3.51. The molecule has 0 aliphatic carbocycles. The lowest BCUT2D eigenvalue weighted by Crippen LogP contribution is -2.11. The topological polar surface area (TPSA) is 26.0 Å². The van der Waals surface area contributed by atoms with Crippen LogP contribution in [-0.4, -0.2) is 0 Å². The molecule has 1 nitrogen and oxygen atoms in total. The van der Waals surface area contributed by atoms with Crippen LogP contribution in [0.2, 0.25) is 10.0 Å². The van der Waals surface area contributed by atoms with Crippen LogP contribution in [0.5, 0.6) is 0 Å². The average molecular weight is 280 g/mol. The predicted molar refractivity (Wildman–Crippen MR) is 78.2 cm³/mol. The van der Waals surface area contributed by atoms with Gasteiger partial charge in [0, 0.05) is 16.1 Å². The van der Waals surface area contributed by atoms with Gasteiger partial charge in [0.25, 0.3) is 0 Å². The molecule has 2 rings (SSSR count). The molecule has 3 heteroatoms. The number of hydrogen-bond donors (Lipinski definition) is 1. The second-order valence-corrected chi connectivity index (χ2v) is 5.14. The van der Waals surface area contributed by atoms with Gasteiger partial charge in [-0.15, -0.1) is 0 Å². The van der Waals surface area contributed by atoms with Crippen LogP contribution in [0.25, 0.3) is 0 Å². The van der Waals surface area contributed by atoms with Crippen LogP contribution >= 0.6 is 23.2 Å². The molecule has 94 valence electrons. The van der Waals surface area contributed by atoms with E-state index >= 15 is 0 Å². The molecule has 2 aromatic carbocycles. The molecular formula is C15H15Cl2N. The number of hydrogen-bond acceptors (Lipinski definition) is 1. The van der Waals surface area contributed by atoms with Crippen LogP contribution in [0, 0.1) is 0 Å². The molecule has 0 aliphatic heterocycles. The van der Waals surface area contributed by atoms with Crippen LogP contribution in [0.1, 0.15) is 23.6 Å². The largest absolute Gasteiger partial charge is 0.324 e. The summed E-state index contributed by atoms with van der Waals surface area (Å²) in [4.78, 5) is 0. The summed E-state index contributed by atoms with van der Waals surface area (Å²) in [6.07, 6.45) is 1.81. The molecule has 0 aliphatic rings. The van der Waals surface area contributed by atoms with Crippen LogP contribution in [0.4, 0.5) is 0 Å². The third kappa shape index (κ3) is 3.49. The number of aryl methyl sites for hydroxylation is 1. The molecule has 1 atom stereocenters. The fourth-order valence-electron chi connectivity index (χ4n) is 1.92. The molecule has 0 heterocycles. The maximum absolute atomic E-state index is 6.17. The van der Waals surface area contributed by atoms with E-state index in [4.69, 9.17) is 28.9 Å². The fourth-order valence-corrected chi connectivity index (χ4v) is 2.47. The summed E-state index contributed by atoms with van der Waals surface area (Å²) in [5.74, 6) is 0. The standard InChI is InChI=1S/C15H15Cl2N/c16-12-7-8-13(14(17)10-12)15(18)9-6-11-4-2-1-3-5-11/h1-5,7-8,10,15H,6,9,18H2. The molecule has 0 aromatic heterocycles. The summed E-state index contributed by atoms with van der Waals surface area (Å²) in [6.45, 7) is 0. The molecule has 0 amide bonds. The molecule has 18 heavy (non-hydrogen) atoms. The molecule has 0 saturated heterocycles. The minimum absolute atomic E-state index is 0.0602. The van der Waals surface area contributed by atoms with Gasteiger partial charge in [0.15, 0.2) is 0 Å². The minimum atomic E-state index is -0.0602. The Kier molecular flexibility index (Phi) is 4.65. The molecule has 1 unspecified atom stereocenters. The van der Waals surface area contributed by atoms with Crippen LogP contribution in [0.15, 0.2) is 48.5 Å². The van der Waals surface area contributed by atoms with Gasteiger partial charge in [-0.05, 0) is 36.1 Å². The Morgan fingerprint density at radius 3 is 2.39 bits per heavy atom. The number of benzene rings is 2. The Balaban J connectivity index is 2.01. The van der Waals surface area contributed by atoms with Gasteiger partial charge in [0.05, 0.1) is 0 Å². The lowest BCUT2D eigenvalue weighted by Gasteiger charge is -2.14. The smallest absolute Gasteiger partial charge is 0.0468 e. The van der Waals surface area contributed by atoms with Gasteiger partial charge in [0.2, 0.25) is 0 Å². The number of nitrogens with two attached hydrogens (primary N) is 1. The zero-order chi connectivity index (χ0) is 13.0. The number of halogens is 2. The van der Waals surface area contributed by atoms with E-state index in [1.165, 1.54) is 5.56 Å². The quantitative estimate of drug-likeness (QED) is 0.868. The molecule has 2 N–H and O–H groups in total. The Labute approximate surface area is 118 Å². The van der Waals surface area contributed by atoms with Crippen molar-refractivity contribution in [1.29, 1.82) is 0 Å². The van der Waals surface area contributed by atoms with Crippen molar-refractivity contribution in [3.8, 4) is 0 Å². The maximum Gasteiger partial charge on any atom is 0.0468 e. The summed E-state index contributed by atoms with van der Waals surface area (Å²) in [5.41, 5.74) is 8.41. The van der Waals surface area contributed by atoms with E-state index in [-0.39, 0.29) is 6.04 Å². The summed E-state index contributed by atoms with van der Waals surface area (Å²) >= 11 is 12.0. The monoisotopic (exact) mass is 279 g/mol. The SMILES string of the molecule is NC(CCc1ccccc1)c1ccc(Cl)cc1Cl. The van der Waals surface area contributed by atoms with Crippen molar-refractivity contribution in [3.05, 3.63) is 69.7 Å². The van der Waals surface area contributed by atoms with Crippen molar-refractivity contribution in [2.45, 2.75) is 18.9 Å². The van der Waals surface area contributed by atoms with Crippen molar-refractivity contribution in [1.82, 2.24) is 0 Å². The zero-order valence-electron chi connectivity index (χ0n) is 9.94. The van der Waals surface area contributed by atoms with Crippen molar-refractivity contribution in [2.75, 3.05) is 0 Å². The highest BCUT2D eigenvalue weighted by atomic mass is 35.5. The second-order valence-electron chi connectivity index (χ2n) is 4.30. The number of rotatable bonds is 4. The summed E-state index contributed by atoms with van der Waals surface area (Å²) in [5, 5.41) is 1.28. The lowest BCUT2D eigenvalue weighted by molar-refractivity contribution is 0.651. The molecular weight excluding hydrogens is 265 g/mol. The predicted octanol–water partition coefficient (Wildman–Crippen LogP) is 4.63. The Morgan fingerprint density at radius 1 is 1.00 bits per heavy atom. The summed E-state index contributed by atoms with van der Waals surface area (Å²) in [6, 6.07) is 15.7. The molecule has 0 fully saturated rings. The van der Waals surface area contributed by atoms with Gasteiger partial charge >= 0.3 is 0 Å². The maximum atomic E-state index is 6.17. The molecule has 2 aromatic rings. The highest BCUT2D eigenvalue weighted by Crippen LogP contribution is 2.27. The van der Waals surface area contributed by atoms with Crippen LogP contribution in [-0.2, 0) is 6.42 Å². The summed E-state index contributed by atoms with van der Waals surface area (Å²) in [7, 11) is 0. The van der Waals surface area contributed by atoms with E-state index in [0.717, 1.165) is 18.4 Å². The van der Waals surface area contributed by atoms with Gasteiger partial charge in [-0.2, -0.15) is 0 Å². The fraction of sp³-hybridized carbons (Fsp3) is 0.200. The Morgan fingerprint density at radius 2 is 1.72 bits per heavy atom. The lowest BCUT2D eigenvalue weighted by atomic mass is 10.00. The van der Waals surface area contributed by atoms with E-state index in [1.807, 2.05) is 30.3 Å². The van der Waals surface area contributed by atoms with Crippen molar-refractivity contribution >= 4 is 23.2 Å². The van der Waals surface area contributed by atoms with E-state index < -0.39 is 0 Å². The highest BCUT2D eigenvalue weighted by molar-refractivity contribution is 6.35. The van der Waals surface area contributed by atoms with Gasteiger partial charge in [-0.1, -0.05) is 59.6 Å². The molecule has 0 saturated carbocycles. The first-order valence-corrected chi connectivity index (χ1v) is 6.67. The molecule has 0 spiro atoms. The van der Waals surface area contributed by atoms with Crippen molar-refractivity contribution in [2.24, 2.45) is 5.73 Å². The van der Waals surface area contributed by atoms with Gasteiger partial charge in [-0.25, -0.2) is 0 Å². The summed E-state index contributed by atoms with van der Waals surface area (Å²) < 4.78 is 0. The van der Waals surface area contributed by atoms with Crippen molar-refractivity contribution in [3.63, 3.8) is 0 Å². The second kappa shape index (κ2) is 6.24. The minimum Gasteiger partial charge on any atom is -0.324 e. The van der Waals surface area contributed by atoms with Crippen LogP contribution in [0.3, 0.4) is 0 Å². The van der Waals surface area contributed by atoms with Gasteiger partial charge in [-0.3, -0.25) is 0 Å². The third-order valence-electron chi connectivity index (χ3n) is 2.95. The van der Waals surface area contributed by atoms with E-state index in [0.29, 0.717) is 10.0 Å². The molecule has 0 radical (unpaired) electrons. The average Bonchev–Trinajstić information content (AvgIpc) is 2.37. The first kappa shape index (κ1) is 13.4. The van der Waals surface area contributed by atoms with E-state index in [9.17, 15) is 0 Å². The molecule has 0 bridgehead atoms. The zero-order valence-corrected chi connectivity index (χ0v) is 11.5. The van der Waals surface area contributed by atoms with E-state index in [1.54, 1.807) is 6.07 Å². The van der Waals surface area contributed by atoms with Crippen LogP contribution < -0.4 is 5.73 Å². The van der Waals surface area contributed by atoms with E-state index in [2.05, 4.69) is 12.1 Å². The normalized spacial score (nSPS) is 12.4. The first-order valence-electron chi connectivity index (χ1n) is 5.91. The Hall–Kier alpha value is -1.02.